The van der Waals surface area contributed by atoms with Crippen molar-refractivity contribution in [3.8, 4) is 0 Å². The Bertz CT molecular complexity index is 838. The number of halogens is 2. The zero-order valence-corrected chi connectivity index (χ0v) is 15.1. The first-order valence-corrected chi connectivity index (χ1v) is 8.48. The van der Waals surface area contributed by atoms with Gasteiger partial charge in [-0.25, -0.2) is 0 Å². The van der Waals surface area contributed by atoms with Crippen molar-refractivity contribution in [3.05, 3.63) is 63.6 Å². The van der Waals surface area contributed by atoms with Gasteiger partial charge < -0.3 is 10.1 Å². The number of carbonyl (C=O) groups excluding carboxylic acids is 2. The molecule has 1 heterocycles. The molecule has 1 aliphatic rings. The SMILES string of the molecule is O=C1c2ccccc2C(=O)N1CCOC(=S)Nc1ccc(Cl)c(Cl)c1. The van der Waals surface area contributed by atoms with E-state index in [1.165, 1.54) is 0 Å². The maximum atomic E-state index is 12.2. The van der Waals surface area contributed by atoms with Gasteiger partial charge in [-0.3, -0.25) is 14.5 Å². The number of fused-ring (bicyclic) bond motifs is 1. The Kier molecular flexibility index (Phi) is 5.22. The molecule has 0 fully saturated rings. The smallest absolute Gasteiger partial charge is 0.261 e. The third kappa shape index (κ3) is 3.76. The number of benzene rings is 2. The van der Waals surface area contributed by atoms with E-state index in [9.17, 15) is 9.59 Å². The van der Waals surface area contributed by atoms with Gasteiger partial charge in [-0.2, -0.15) is 0 Å². The first kappa shape index (κ1) is 17.7. The number of ether oxygens (including phenoxy) is 1. The predicted octanol–water partition coefficient (Wildman–Crippen LogP) is 4.00. The fourth-order valence-corrected chi connectivity index (χ4v) is 2.90. The molecule has 0 radical (unpaired) electrons. The Morgan fingerprint density at radius 1 is 1.04 bits per heavy atom. The van der Waals surface area contributed by atoms with Crippen LogP contribution in [-0.4, -0.2) is 35.0 Å². The molecule has 2 aromatic rings. The van der Waals surface area contributed by atoms with Gasteiger partial charge in [0.05, 0.1) is 27.7 Å². The highest BCUT2D eigenvalue weighted by Crippen LogP contribution is 2.25. The summed E-state index contributed by atoms with van der Waals surface area (Å²) in [5.74, 6) is -0.653. The van der Waals surface area contributed by atoms with Crippen LogP contribution in [-0.2, 0) is 4.74 Å². The Labute approximate surface area is 159 Å². The summed E-state index contributed by atoms with van der Waals surface area (Å²) in [6.45, 7) is 0.189. The van der Waals surface area contributed by atoms with Crippen LogP contribution < -0.4 is 5.32 Å². The minimum absolute atomic E-state index is 0.0820. The van der Waals surface area contributed by atoms with Crippen molar-refractivity contribution >= 4 is 58.1 Å². The molecule has 0 atom stereocenters. The van der Waals surface area contributed by atoms with Gasteiger partial charge >= 0.3 is 0 Å². The van der Waals surface area contributed by atoms with Gasteiger partial charge in [0.1, 0.15) is 6.61 Å². The molecule has 5 nitrogen and oxygen atoms in total. The van der Waals surface area contributed by atoms with Crippen LogP contribution in [0.25, 0.3) is 0 Å². The van der Waals surface area contributed by atoms with Gasteiger partial charge in [0.2, 0.25) is 0 Å². The van der Waals surface area contributed by atoms with E-state index in [0.29, 0.717) is 26.9 Å². The minimum Gasteiger partial charge on any atom is -0.469 e. The second kappa shape index (κ2) is 7.39. The van der Waals surface area contributed by atoms with E-state index < -0.39 is 0 Å². The van der Waals surface area contributed by atoms with Gasteiger partial charge in [0.25, 0.3) is 17.0 Å². The molecule has 0 saturated carbocycles. The van der Waals surface area contributed by atoms with E-state index in [1.807, 2.05) is 0 Å². The lowest BCUT2D eigenvalue weighted by molar-refractivity contribution is 0.0629. The van der Waals surface area contributed by atoms with Crippen molar-refractivity contribution in [3.63, 3.8) is 0 Å². The van der Waals surface area contributed by atoms with Crippen LogP contribution in [0.4, 0.5) is 5.69 Å². The zero-order valence-electron chi connectivity index (χ0n) is 12.8. The number of anilines is 1. The number of hydrogen-bond donors (Lipinski definition) is 1. The molecule has 0 saturated heterocycles. The van der Waals surface area contributed by atoms with E-state index >= 15 is 0 Å². The summed E-state index contributed by atoms with van der Waals surface area (Å²) >= 11 is 16.9. The standard InChI is InChI=1S/C17H12Cl2N2O3S/c18-13-6-5-10(9-14(13)19)20-17(25)24-8-7-21-15(22)11-3-1-2-4-12(11)16(21)23/h1-6,9H,7-8H2,(H,20,25). The molecule has 0 aliphatic carbocycles. The number of amides is 2. The van der Waals surface area contributed by atoms with Crippen LogP contribution in [0.15, 0.2) is 42.5 Å². The highest BCUT2D eigenvalue weighted by Gasteiger charge is 2.34. The van der Waals surface area contributed by atoms with Gasteiger partial charge in [-0.05, 0) is 42.5 Å². The third-order valence-electron chi connectivity index (χ3n) is 3.59. The summed E-state index contributed by atoms with van der Waals surface area (Å²) in [6.07, 6.45) is 0. The minimum atomic E-state index is -0.326. The first-order valence-electron chi connectivity index (χ1n) is 7.31. The monoisotopic (exact) mass is 394 g/mol. The highest BCUT2D eigenvalue weighted by atomic mass is 35.5. The summed E-state index contributed by atoms with van der Waals surface area (Å²) in [4.78, 5) is 25.6. The lowest BCUT2D eigenvalue weighted by Crippen LogP contribution is -2.33. The van der Waals surface area contributed by atoms with Crippen molar-refractivity contribution in [1.82, 2.24) is 4.90 Å². The van der Waals surface area contributed by atoms with Gasteiger partial charge in [-0.1, -0.05) is 35.3 Å². The summed E-state index contributed by atoms with van der Waals surface area (Å²) in [7, 11) is 0. The molecular weight excluding hydrogens is 383 g/mol. The number of nitrogens with one attached hydrogen (secondary N) is 1. The van der Waals surface area contributed by atoms with E-state index in [1.54, 1.807) is 42.5 Å². The number of thiocarbonyl (C=S) groups is 1. The van der Waals surface area contributed by atoms with Crippen molar-refractivity contribution in [2.75, 3.05) is 18.5 Å². The van der Waals surface area contributed by atoms with Crippen molar-refractivity contribution in [2.24, 2.45) is 0 Å². The van der Waals surface area contributed by atoms with Crippen molar-refractivity contribution in [1.29, 1.82) is 0 Å². The summed E-state index contributed by atoms with van der Waals surface area (Å²) in [5.41, 5.74) is 1.44. The Hall–Kier alpha value is -2.15. The molecule has 1 N–H and O–H groups in total. The van der Waals surface area contributed by atoms with Gasteiger partial charge in [-0.15, -0.1) is 0 Å². The molecule has 128 valence electrons. The molecule has 25 heavy (non-hydrogen) atoms. The highest BCUT2D eigenvalue weighted by molar-refractivity contribution is 7.80. The summed E-state index contributed by atoms with van der Waals surface area (Å²) in [6, 6.07) is 11.7. The molecule has 3 rings (SSSR count). The molecule has 0 aromatic heterocycles. The van der Waals surface area contributed by atoms with E-state index in [2.05, 4.69) is 5.32 Å². The third-order valence-corrected chi connectivity index (χ3v) is 4.55. The lowest BCUT2D eigenvalue weighted by Gasteiger charge is -2.15. The Morgan fingerprint density at radius 3 is 2.28 bits per heavy atom. The topological polar surface area (TPSA) is 58.6 Å². The maximum Gasteiger partial charge on any atom is 0.261 e. The fraction of sp³-hybridized carbons (Fsp3) is 0.118. The molecular formula is C17H12Cl2N2O3S. The van der Waals surface area contributed by atoms with Crippen LogP contribution in [0.2, 0.25) is 10.0 Å². The first-order chi connectivity index (χ1) is 12.0. The molecule has 0 bridgehead atoms. The zero-order chi connectivity index (χ0) is 18.0. The average Bonchev–Trinajstić information content (AvgIpc) is 2.83. The van der Waals surface area contributed by atoms with E-state index in [4.69, 9.17) is 40.2 Å². The molecule has 2 aromatic carbocycles. The number of hydrogen-bond acceptors (Lipinski definition) is 4. The number of carbonyl (C=O) groups is 2. The quantitative estimate of drug-likeness (QED) is 0.627. The number of nitrogens with zero attached hydrogens (tertiary/aromatic N) is 1. The van der Waals surface area contributed by atoms with Crippen molar-refractivity contribution < 1.29 is 14.3 Å². The lowest BCUT2D eigenvalue weighted by atomic mass is 10.1. The largest absolute Gasteiger partial charge is 0.469 e. The van der Waals surface area contributed by atoms with Crippen LogP contribution in [0.1, 0.15) is 20.7 Å². The number of rotatable bonds is 4. The predicted molar refractivity (Wildman–Crippen MR) is 100 cm³/mol. The second-order valence-corrected chi connectivity index (χ2v) is 6.38. The van der Waals surface area contributed by atoms with Crippen LogP contribution in [0, 0.1) is 0 Å². The van der Waals surface area contributed by atoms with Crippen LogP contribution >= 0.6 is 35.4 Å². The van der Waals surface area contributed by atoms with E-state index in [-0.39, 0.29) is 30.1 Å². The molecule has 0 unspecified atom stereocenters. The summed E-state index contributed by atoms with van der Waals surface area (Å²) < 4.78 is 5.37. The van der Waals surface area contributed by atoms with Crippen molar-refractivity contribution in [2.45, 2.75) is 0 Å². The normalized spacial score (nSPS) is 13.0. The molecule has 2 amide bonds. The van der Waals surface area contributed by atoms with E-state index in [0.717, 1.165) is 4.90 Å². The molecule has 1 aliphatic heterocycles. The molecule has 8 heteroatoms. The summed E-state index contributed by atoms with van der Waals surface area (Å²) in [5, 5.41) is 3.78. The molecule has 0 spiro atoms. The average molecular weight is 395 g/mol. The number of imide groups is 1. The van der Waals surface area contributed by atoms with Gasteiger partial charge in [0, 0.05) is 5.69 Å². The Balaban J connectivity index is 1.53. The van der Waals surface area contributed by atoms with Gasteiger partial charge in [0.15, 0.2) is 0 Å². The van der Waals surface area contributed by atoms with Crippen LogP contribution in [0.5, 0.6) is 0 Å². The fourth-order valence-electron chi connectivity index (χ4n) is 2.40. The van der Waals surface area contributed by atoms with Crippen LogP contribution in [0.3, 0.4) is 0 Å². The maximum absolute atomic E-state index is 12.2. The Morgan fingerprint density at radius 2 is 1.68 bits per heavy atom. The second-order valence-electron chi connectivity index (χ2n) is 5.20.